The summed E-state index contributed by atoms with van der Waals surface area (Å²) < 4.78 is 2.26. The summed E-state index contributed by atoms with van der Waals surface area (Å²) in [6.07, 6.45) is 1.17. The lowest BCUT2D eigenvalue weighted by molar-refractivity contribution is 0.202. The highest BCUT2D eigenvalue weighted by Gasteiger charge is 2.02. The fraction of sp³-hybridized carbons (Fsp3) is 0.833. The van der Waals surface area contributed by atoms with Gasteiger partial charge in [-0.1, -0.05) is 20.3 Å². The smallest absolute Gasteiger partial charge is 0.414 e. The highest BCUT2D eigenvalue weighted by Crippen LogP contribution is 2.10. The molecule has 5 heteroatoms. The second-order valence-corrected chi connectivity index (χ2v) is 3.37. The molecule has 2 N–H and O–H groups in total. The van der Waals surface area contributed by atoms with Gasteiger partial charge in [0.1, 0.15) is 0 Å². The Labute approximate surface area is 77.5 Å². The number of carbonyl (C=O) groups is 1. The van der Waals surface area contributed by atoms with Crippen LogP contribution in [0.3, 0.4) is 0 Å². The third-order valence-electron chi connectivity index (χ3n) is 1.04. The van der Waals surface area contributed by atoms with Gasteiger partial charge in [0, 0.05) is 5.25 Å². The zero-order valence-corrected chi connectivity index (χ0v) is 8.30. The molecule has 0 radical (unpaired) electrons. The molecule has 1 amide bonds. The zero-order valence-electron chi connectivity index (χ0n) is 6.66. The first-order chi connectivity index (χ1) is 4.66. The van der Waals surface area contributed by atoms with E-state index in [0.717, 1.165) is 12.8 Å². The number of halogens is 1. The van der Waals surface area contributed by atoms with Crippen molar-refractivity contribution < 1.29 is 9.90 Å². The Kier molecular flexibility index (Phi) is 9.83. The van der Waals surface area contributed by atoms with Gasteiger partial charge in [-0.3, -0.25) is 4.72 Å². The van der Waals surface area contributed by atoms with Crippen molar-refractivity contribution >= 4 is 30.4 Å². The van der Waals surface area contributed by atoms with Crippen molar-refractivity contribution in [3.63, 3.8) is 0 Å². The van der Waals surface area contributed by atoms with Crippen LogP contribution in [0.5, 0.6) is 0 Å². The largest absolute Gasteiger partial charge is 0.464 e. The Bertz CT molecular complexity index is 113. The highest BCUT2D eigenvalue weighted by molar-refractivity contribution is 7.98. The van der Waals surface area contributed by atoms with Crippen LogP contribution in [0.4, 0.5) is 4.79 Å². The zero-order chi connectivity index (χ0) is 7.98. The predicted molar refractivity (Wildman–Crippen MR) is 50.4 cm³/mol. The summed E-state index contributed by atoms with van der Waals surface area (Å²) in [6.45, 7) is 4.09. The van der Waals surface area contributed by atoms with Crippen molar-refractivity contribution in [2.75, 3.05) is 0 Å². The summed E-state index contributed by atoms with van der Waals surface area (Å²) in [7, 11) is 0. The molecule has 0 aromatic heterocycles. The fourth-order valence-corrected chi connectivity index (χ4v) is 1.27. The van der Waals surface area contributed by atoms with Gasteiger partial charge in [0.2, 0.25) is 0 Å². The minimum atomic E-state index is -0.965. The number of amides is 1. The summed E-state index contributed by atoms with van der Waals surface area (Å²) in [5.41, 5.74) is 0. The van der Waals surface area contributed by atoms with Crippen LogP contribution in [-0.2, 0) is 0 Å². The molecular weight excluding hydrogens is 186 g/mol. The molecule has 0 aliphatic heterocycles. The van der Waals surface area contributed by atoms with Gasteiger partial charge in [-0.2, -0.15) is 0 Å². The normalized spacial score (nSPS) is 11.5. The number of carboxylic acid groups (broad SMARTS) is 1. The van der Waals surface area contributed by atoms with Crippen molar-refractivity contribution in [3.8, 4) is 0 Å². The third kappa shape index (κ3) is 9.91. The van der Waals surface area contributed by atoms with Crippen LogP contribution >= 0.6 is 24.4 Å². The molecule has 11 heavy (non-hydrogen) atoms. The maximum absolute atomic E-state index is 9.98. The third-order valence-corrected chi connectivity index (χ3v) is 1.97. The van der Waals surface area contributed by atoms with E-state index < -0.39 is 6.09 Å². The van der Waals surface area contributed by atoms with E-state index in [1.807, 2.05) is 6.92 Å². The molecule has 0 bridgehead atoms. The highest BCUT2D eigenvalue weighted by atomic mass is 35.5. The van der Waals surface area contributed by atoms with Crippen LogP contribution in [0.1, 0.15) is 26.7 Å². The lowest BCUT2D eigenvalue weighted by Crippen LogP contribution is -2.15. The standard InChI is InChI=1S/C6H13NO2S.ClH/c1-3-4-5(2)10-7-6(8)9;/h5,7H,3-4H2,1-2H3,(H,8,9);1H. The second-order valence-electron chi connectivity index (χ2n) is 2.12. The lowest BCUT2D eigenvalue weighted by Gasteiger charge is -2.06. The number of hydrogen-bond acceptors (Lipinski definition) is 2. The molecule has 0 spiro atoms. The van der Waals surface area contributed by atoms with Crippen LogP contribution in [0, 0.1) is 0 Å². The van der Waals surface area contributed by atoms with Gasteiger partial charge in [-0.05, 0) is 18.4 Å². The minimum absolute atomic E-state index is 0. The van der Waals surface area contributed by atoms with E-state index in [1.165, 1.54) is 11.9 Å². The Morgan fingerprint density at radius 3 is 2.64 bits per heavy atom. The fourth-order valence-electron chi connectivity index (χ4n) is 0.616. The first-order valence-electron chi connectivity index (χ1n) is 3.31. The summed E-state index contributed by atoms with van der Waals surface area (Å²) in [5.74, 6) is 0. The van der Waals surface area contributed by atoms with E-state index >= 15 is 0 Å². The van der Waals surface area contributed by atoms with E-state index in [2.05, 4.69) is 11.6 Å². The Morgan fingerprint density at radius 2 is 2.27 bits per heavy atom. The van der Waals surface area contributed by atoms with Crippen molar-refractivity contribution in [1.82, 2.24) is 4.72 Å². The monoisotopic (exact) mass is 199 g/mol. The van der Waals surface area contributed by atoms with Crippen molar-refractivity contribution in [3.05, 3.63) is 0 Å². The van der Waals surface area contributed by atoms with E-state index in [0.29, 0.717) is 5.25 Å². The Balaban J connectivity index is 0. The molecule has 68 valence electrons. The lowest BCUT2D eigenvalue weighted by atomic mass is 10.3. The second kappa shape index (κ2) is 8.01. The van der Waals surface area contributed by atoms with E-state index in [1.54, 1.807) is 0 Å². The van der Waals surface area contributed by atoms with Gasteiger partial charge in [-0.25, -0.2) is 4.79 Å². The molecule has 0 aromatic rings. The van der Waals surface area contributed by atoms with Gasteiger partial charge >= 0.3 is 6.09 Å². The predicted octanol–water partition coefficient (Wildman–Crippen LogP) is 2.51. The average molecular weight is 200 g/mol. The molecule has 3 nitrogen and oxygen atoms in total. The van der Waals surface area contributed by atoms with Gasteiger partial charge in [0.15, 0.2) is 0 Å². The maximum Gasteiger partial charge on any atom is 0.414 e. The van der Waals surface area contributed by atoms with E-state index in [9.17, 15) is 4.79 Å². The molecule has 1 atom stereocenters. The minimum Gasteiger partial charge on any atom is -0.464 e. The number of rotatable bonds is 4. The van der Waals surface area contributed by atoms with Gasteiger partial charge < -0.3 is 5.11 Å². The molecule has 0 aliphatic rings. The molecule has 0 rings (SSSR count). The van der Waals surface area contributed by atoms with Crippen LogP contribution in [0.2, 0.25) is 0 Å². The molecule has 0 aliphatic carbocycles. The molecular formula is C6H14ClNO2S. The molecule has 0 fully saturated rings. The average Bonchev–Trinajstić information content (AvgIpc) is 1.85. The Hall–Kier alpha value is -0.0900. The molecule has 0 saturated carbocycles. The van der Waals surface area contributed by atoms with Crippen molar-refractivity contribution in [1.29, 1.82) is 0 Å². The van der Waals surface area contributed by atoms with Crippen molar-refractivity contribution in [2.24, 2.45) is 0 Å². The van der Waals surface area contributed by atoms with Gasteiger partial charge in [-0.15, -0.1) is 12.4 Å². The van der Waals surface area contributed by atoms with Crippen molar-refractivity contribution in [2.45, 2.75) is 31.9 Å². The Morgan fingerprint density at radius 1 is 1.73 bits per heavy atom. The van der Waals surface area contributed by atoms with Crippen LogP contribution < -0.4 is 4.72 Å². The summed E-state index contributed by atoms with van der Waals surface area (Å²) >= 11 is 1.26. The van der Waals surface area contributed by atoms with E-state index in [-0.39, 0.29) is 12.4 Å². The summed E-state index contributed by atoms with van der Waals surface area (Å²) in [5, 5.41) is 8.57. The molecule has 0 aromatic carbocycles. The molecule has 0 heterocycles. The molecule has 0 saturated heterocycles. The number of nitrogens with one attached hydrogen (secondary N) is 1. The quantitative estimate of drug-likeness (QED) is 0.685. The first-order valence-corrected chi connectivity index (χ1v) is 4.19. The summed E-state index contributed by atoms with van der Waals surface area (Å²) in [6, 6.07) is 0. The van der Waals surface area contributed by atoms with Crippen LogP contribution in [0.15, 0.2) is 0 Å². The SMILES string of the molecule is CCCC(C)SNC(=O)O.Cl. The topological polar surface area (TPSA) is 49.3 Å². The molecule has 1 unspecified atom stereocenters. The van der Waals surface area contributed by atoms with Gasteiger partial charge in [0.05, 0.1) is 0 Å². The van der Waals surface area contributed by atoms with Crippen LogP contribution in [-0.4, -0.2) is 16.4 Å². The number of hydrogen-bond donors (Lipinski definition) is 2. The maximum atomic E-state index is 9.98. The van der Waals surface area contributed by atoms with Crippen LogP contribution in [0.25, 0.3) is 0 Å². The van der Waals surface area contributed by atoms with E-state index in [4.69, 9.17) is 5.11 Å². The van der Waals surface area contributed by atoms with Gasteiger partial charge in [0.25, 0.3) is 0 Å². The first kappa shape index (κ1) is 13.5. The summed E-state index contributed by atoms with van der Waals surface area (Å²) in [4.78, 5) is 9.98.